The topological polar surface area (TPSA) is 71.1 Å². The monoisotopic (exact) mass is 373 g/mol. The summed E-state index contributed by atoms with van der Waals surface area (Å²) in [4.78, 5) is 29.2. The van der Waals surface area contributed by atoms with Crippen LogP contribution in [0.5, 0.6) is 0 Å². The summed E-state index contributed by atoms with van der Waals surface area (Å²) >= 11 is 0. The van der Waals surface area contributed by atoms with E-state index in [9.17, 15) is 9.59 Å². The van der Waals surface area contributed by atoms with Crippen molar-refractivity contribution in [3.63, 3.8) is 0 Å². The van der Waals surface area contributed by atoms with Gasteiger partial charge in [-0.2, -0.15) is 0 Å². The van der Waals surface area contributed by atoms with Crippen LogP contribution < -0.4 is 10.6 Å². The number of rotatable bonds is 5. The first-order chi connectivity index (χ1) is 13.4. The minimum atomic E-state index is -0.342. The molecule has 0 fully saturated rings. The van der Waals surface area contributed by atoms with Crippen molar-refractivity contribution in [3.8, 4) is 0 Å². The predicted molar refractivity (Wildman–Crippen MR) is 110 cm³/mol. The molecule has 3 rings (SSSR count). The molecule has 1 aromatic heterocycles. The first-order valence-corrected chi connectivity index (χ1v) is 9.11. The molecule has 0 aliphatic carbocycles. The van der Waals surface area contributed by atoms with Crippen molar-refractivity contribution in [3.05, 3.63) is 94.3 Å². The molecule has 3 aromatic rings. The molecule has 0 saturated carbocycles. The summed E-state index contributed by atoms with van der Waals surface area (Å²) in [6.07, 6.45) is 1.47. The molecule has 5 nitrogen and oxygen atoms in total. The fourth-order valence-electron chi connectivity index (χ4n) is 2.99. The van der Waals surface area contributed by atoms with E-state index >= 15 is 0 Å². The van der Waals surface area contributed by atoms with Crippen LogP contribution in [-0.2, 0) is 6.54 Å². The molecule has 1 heterocycles. The van der Waals surface area contributed by atoms with Crippen LogP contribution in [0.25, 0.3) is 0 Å². The highest BCUT2D eigenvalue weighted by Crippen LogP contribution is 2.20. The van der Waals surface area contributed by atoms with E-state index in [0.29, 0.717) is 12.1 Å². The van der Waals surface area contributed by atoms with Gasteiger partial charge in [-0.15, -0.1) is 0 Å². The Morgan fingerprint density at radius 3 is 2.32 bits per heavy atom. The first kappa shape index (κ1) is 19.3. The van der Waals surface area contributed by atoms with E-state index in [2.05, 4.69) is 15.6 Å². The zero-order valence-corrected chi connectivity index (χ0v) is 16.2. The highest BCUT2D eigenvalue weighted by atomic mass is 16.2. The molecule has 0 bridgehead atoms. The Kier molecular flexibility index (Phi) is 5.84. The third-order valence-corrected chi connectivity index (χ3v) is 4.51. The van der Waals surface area contributed by atoms with Crippen LogP contribution in [-0.4, -0.2) is 16.8 Å². The van der Waals surface area contributed by atoms with Gasteiger partial charge in [0.25, 0.3) is 11.8 Å². The van der Waals surface area contributed by atoms with Crippen molar-refractivity contribution in [2.24, 2.45) is 0 Å². The number of para-hydroxylation sites is 1. The fourth-order valence-corrected chi connectivity index (χ4v) is 2.99. The minimum absolute atomic E-state index is 0.200. The summed E-state index contributed by atoms with van der Waals surface area (Å²) in [6.45, 7) is 6.30. The molecule has 0 atom stereocenters. The number of nitrogens with one attached hydrogen (secondary N) is 2. The average Bonchev–Trinajstić information content (AvgIpc) is 2.69. The van der Waals surface area contributed by atoms with Crippen molar-refractivity contribution in [1.29, 1.82) is 0 Å². The second-order valence-electron chi connectivity index (χ2n) is 6.82. The minimum Gasteiger partial charge on any atom is -0.348 e. The number of aryl methyl sites for hydroxylation is 3. The molecule has 28 heavy (non-hydrogen) atoms. The average molecular weight is 373 g/mol. The highest BCUT2D eigenvalue weighted by molar-refractivity contribution is 6.05. The normalized spacial score (nSPS) is 10.4. The van der Waals surface area contributed by atoms with Crippen LogP contribution >= 0.6 is 0 Å². The van der Waals surface area contributed by atoms with Crippen LogP contribution in [0.3, 0.4) is 0 Å². The Hall–Kier alpha value is -3.47. The summed E-state index contributed by atoms with van der Waals surface area (Å²) in [6, 6.07) is 16.9. The van der Waals surface area contributed by atoms with Crippen molar-refractivity contribution in [2.45, 2.75) is 27.3 Å². The molecule has 0 unspecified atom stereocenters. The number of amides is 2. The standard InChI is InChI=1S/C23H23N3O2/c1-15-6-4-9-18(12-15)14-25-22(27)19-10-11-24-20(13-19)23(28)26-21-16(2)7-5-8-17(21)3/h4-13H,14H2,1-3H3,(H,25,27)(H,26,28). The number of benzene rings is 2. The number of nitrogens with zero attached hydrogens (tertiary/aromatic N) is 1. The van der Waals surface area contributed by atoms with Crippen LogP contribution in [0.15, 0.2) is 60.8 Å². The van der Waals surface area contributed by atoms with Crippen molar-refractivity contribution in [1.82, 2.24) is 10.3 Å². The van der Waals surface area contributed by atoms with Crippen LogP contribution in [0.4, 0.5) is 5.69 Å². The Balaban J connectivity index is 1.70. The fraction of sp³-hybridized carbons (Fsp3) is 0.174. The quantitative estimate of drug-likeness (QED) is 0.704. The lowest BCUT2D eigenvalue weighted by molar-refractivity contribution is 0.0950. The summed E-state index contributed by atoms with van der Waals surface area (Å²) < 4.78 is 0. The molecule has 2 N–H and O–H groups in total. The molecule has 2 amide bonds. The summed E-state index contributed by atoms with van der Waals surface area (Å²) in [5.41, 5.74) is 5.47. The van der Waals surface area contributed by atoms with E-state index in [1.54, 1.807) is 6.07 Å². The lowest BCUT2D eigenvalue weighted by atomic mass is 10.1. The Labute approximate surface area is 164 Å². The third-order valence-electron chi connectivity index (χ3n) is 4.51. The van der Waals surface area contributed by atoms with Gasteiger partial charge in [-0.1, -0.05) is 48.0 Å². The zero-order valence-electron chi connectivity index (χ0n) is 16.2. The molecule has 0 spiro atoms. The molecule has 0 radical (unpaired) electrons. The number of hydrogen-bond acceptors (Lipinski definition) is 3. The number of pyridine rings is 1. The number of aromatic nitrogens is 1. The second-order valence-corrected chi connectivity index (χ2v) is 6.82. The molecular weight excluding hydrogens is 350 g/mol. The summed E-state index contributed by atoms with van der Waals surface area (Å²) in [7, 11) is 0. The summed E-state index contributed by atoms with van der Waals surface area (Å²) in [5, 5.41) is 5.77. The Morgan fingerprint density at radius 1 is 0.893 bits per heavy atom. The zero-order chi connectivity index (χ0) is 20.1. The van der Waals surface area contributed by atoms with Gasteiger partial charge in [0.05, 0.1) is 0 Å². The number of anilines is 1. The van der Waals surface area contributed by atoms with Gasteiger partial charge in [0, 0.05) is 24.0 Å². The van der Waals surface area contributed by atoms with E-state index in [1.807, 2.05) is 63.2 Å². The molecule has 0 aliphatic heterocycles. The predicted octanol–water partition coefficient (Wildman–Crippen LogP) is 4.19. The van der Waals surface area contributed by atoms with E-state index in [-0.39, 0.29) is 17.5 Å². The van der Waals surface area contributed by atoms with Crippen LogP contribution in [0.1, 0.15) is 43.1 Å². The first-order valence-electron chi connectivity index (χ1n) is 9.11. The van der Waals surface area contributed by atoms with Gasteiger partial charge in [0.1, 0.15) is 5.69 Å². The third kappa shape index (κ3) is 4.62. The van der Waals surface area contributed by atoms with Crippen LogP contribution in [0, 0.1) is 20.8 Å². The smallest absolute Gasteiger partial charge is 0.274 e. The maximum Gasteiger partial charge on any atom is 0.274 e. The number of carbonyl (C=O) groups excluding carboxylic acids is 2. The molecule has 142 valence electrons. The SMILES string of the molecule is Cc1cccc(CNC(=O)c2ccnc(C(=O)Nc3c(C)cccc3C)c2)c1. The van der Waals surface area contributed by atoms with Crippen molar-refractivity contribution < 1.29 is 9.59 Å². The van der Waals surface area contributed by atoms with Crippen molar-refractivity contribution in [2.75, 3.05) is 5.32 Å². The Bertz CT molecular complexity index is 1010. The molecule has 5 heteroatoms. The lowest BCUT2D eigenvalue weighted by Gasteiger charge is -2.11. The maximum atomic E-state index is 12.6. The van der Waals surface area contributed by atoms with E-state index < -0.39 is 0 Å². The summed E-state index contributed by atoms with van der Waals surface area (Å²) in [5.74, 6) is -0.587. The van der Waals surface area contributed by atoms with Crippen molar-refractivity contribution >= 4 is 17.5 Å². The lowest BCUT2D eigenvalue weighted by Crippen LogP contribution is -2.24. The molecule has 0 aliphatic rings. The van der Waals surface area contributed by atoms with E-state index in [4.69, 9.17) is 0 Å². The Morgan fingerprint density at radius 2 is 1.61 bits per heavy atom. The van der Waals surface area contributed by atoms with Gasteiger partial charge in [-0.25, -0.2) is 0 Å². The number of carbonyl (C=O) groups is 2. The van der Waals surface area contributed by atoms with Gasteiger partial charge in [-0.05, 0) is 49.6 Å². The maximum absolute atomic E-state index is 12.6. The second kappa shape index (κ2) is 8.48. The van der Waals surface area contributed by atoms with Crippen LogP contribution in [0.2, 0.25) is 0 Å². The van der Waals surface area contributed by atoms with E-state index in [1.165, 1.54) is 12.3 Å². The van der Waals surface area contributed by atoms with Gasteiger partial charge in [0.15, 0.2) is 0 Å². The van der Waals surface area contributed by atoms with Gasteiger partial charge < -0.3 is 10.6 Å². The molecule has 0 saturated heterocycles. The number of hydrogen-bond donors (Lipinski definition) is 2. The van der Waals surface area contributed by atoms with Gasteiger partial charge in [0.2, 0.25) is 0 Å². The van der Waals surface area contributed by atoms with Gasteiger partial charge >= 0.3 is 0 Å². The highest BCUT2D eigenvalue weighted by Gasteiger charge is 2.14. The molecule has 2 aromatic carbocycles. The van der Waals surface area contributed by atoms with E-state index in [0.717, 1.165) is 27.9 Å². The molecular formula is C23H23N3O2. The largest absolute Gasteiger partial charge is 0.348 e. The van der Waals surface area contributed by atoms with Gasteiger partial charge in [-0.3, -0.25) is 14.6 Å².